The number of aromatic nitrogens is 2. The first-order valence-corrected chi connectivity index (χ1v) is 5.01. The van der Waals surface area contributed by atoms with E-state index in [1.165, 1.54) is 0 Å². The van der Waals surface area contributed by atoms with Crippen molar-refractivity contribution in [1.29, 1.82) is 0 Å². The Labute approximate surface area is 103 Å². The average molecular weight is 279 g/mol. The summed E-state index contributed by atoms with van der Waals surface area (Å²) in [4.78, 5) is 3.51. The van der Waals surface area contributed by atoms with E-state index in [0.29, 0.717) is 0 Å². The SMILES string of the molecule is NCCc1noc(-c2c(F)c(F)c(F)c(F)c2F)n1. The number of halogens is 5. The van der Waals surface area contributed by atoms with Gasteiger partial charge < -0.3 is 10.3 Å². The van der Waals surface area contributed by atoms with Gasteiger partial charge in [0.25, 0.3) is 5.89 Å². The van der Waals surface area contributed by atoms with Crippen LogP contribution in [0.3, 0.4) is 0 Å². The molecule has 2 aromatic rings. The molecule has 0 spiro atoms. The van der Waals surface area contributed by atoms with Gasteiger partial charge in [-0.05, 0) is 6.54 Å². The molecule has 2 rings (SSSR count). The molecule has 0 saturated carbocycles. The van der Waals surface area contributed by atoms with Crippen LogP contribution in [-0.4, -0.2) is 16.7 Å². The zero-order valence-electron chi connectivity index (χ0n) is 9.18. The van der Waals surface area contributed by atoms with Crippen molar-refractivity contribution in [2.24, 2.45) is 5.73 Å². The predicted octanol–water partition coefficient (Wildman–Crippen LogP) is 1.93. The van der Waals surface area contributed by atoms with E-state index in [9.17, 15) is 22.0 Å². The molecule has 4 nitrogen and oxygen atoms in total. The highest BCUT2D eigenvalue weighted by molar-refractivity contribution is 5.55. The second kappa shape index (κ2) is 4.92. The Morgan fingerprint density at radius 2 is 1.42 bits per heavy atom. The quantitative estimate of drug-likeness (QED) is 0.529. The minimum Gasteiger partial charge on any atom is -0.334 e. The molecule has 9 heteroatoms. The second-order valence-electron chi connectivity index (χ2n) is 3.50. The lowest BCUT2D eigenvalue weighted by Crippen LogP contribution is -2.05. The number of hydrogen-bond donors (Lipinski definition) is 1. The maximum Gasteiger partial charge on any atom is 0.264 e. The first-order valence-electron chi connectivity index (χ1n) is 5.01. The summed E-state index contributed by atoms with van der Waals surface area (Å²) in [6.07, 6.45) is 0.138. The Kier molecular flexibility index (Phi) is 3.47. The number of rotatable bonds is 3. The smallest absolute Gasteiger partial charge is 0.264 e. The van der Waals surface area contributed by atoms with Crippen LogP contribution in [0.25, 0.3) is 11.5 Å². The third-order valence-corrected chi connectivity index (χ3v) is 2.26. The number of nitrogens with two attached hydrogens (primary N) is 1. The van der Waals surface area contributed by atoms with Crippen LogP contribution >= 0.6 is 0 Å². The topological polar surface area (TPSA) is 64.9 Å². The van der Waals surface area contributed by atoms with Gasteiger partial charge >= 0.3 is 0 Å². The third kappa shape index (κ3) is 2.16. The molecule has 102 valence electrons. The van der Waals surface area contributed by atoms with E-state index in [2.05, 4.69) is 14.7 Å². The van der Waals surface area contributed by atoms with Crippen molar-refractivity contribution in [3.63, 3.8) is 0 Å². The van der Waals surface area contributed by atoms with Gasteiger partial charge in [0.1, 0.15) is 5.56 Å². The lowest BCUT2D eigenvalue weighted by atomic mass is 10.1. The van der Waals surface area contributed by atoms with Gasteiger partial charge in [0.2, 0.25) is 5.82 Å². The molecule has 0 aliphatic rings. The Morgan fingerprint density at radius 3 is 1.95 bits per heavy atom. The second-order valence-corrected chi connectivity index (χ2v) is 3.50. The van der Waals surface area contributed by atoms with Crippen molar-refractivity contribution in [2.45, 2.75) is 6.42 Å². The summed E-state index contributed by atoms with van der Waals surface area (Å²) in [5, 5.41) is 3.31. The molecular weight excluding hydrogens is 273 g/mol. The minimum absolute atomic E-state index is 0.00133. The average Bonchev–Trinajstić information content (AvgIpc) is 2.83. The molecule has 2 N–H and O–H groups in total. The molecule has 0 amide bonds. The standard InChI is InChI=1S/C10H6F5N3O/c11-5-4(6(12)8(14)9(15)7(5)13)10-17-3(1-2-16)18-19-10/h1-2,16H2. The molecule has 0 fully saturated rings. The Morgan fingerprint density at radius 1 is 0.895 bits per heavy atom. The third-order valence-electron chi connectivity index (χ3n) is 2.26. The minimum atomic E-state index is -2.25. The van der Waals surface area contributed by atoms with Crippen LogP contribution < -0.4 is 5.73 Å². The fourth-order valence-electron chi connectivity index (χ4n) is 1.38. The van der Waals surface area contributed by atoms with Gasteiger partial charge in [-0.15, -0.1) is 0 Å². The Bertz CT molecular complexity index is 599. The van der Waals surface area contributed by atoms with Crippen molar-refractivity contribution in [3.8, 4) is 11.5 Å². The molecule has 0 bridgehead atoms. The summed E-state index contributed by atoms with van der Waals surface area (Å²) in [6, 6.07) is 0. The van der Waals surface area contributed by atoms with Crippen LogP contribution in [0.4, 0.5) is 22.0 Å². The molecule has 1 aromatic carbocycles. The van der Waals surface area contributed by atoms with E-state index < -0.39 is 40.5 Å². The Balaban J connectivity index is 2.61. The molecule has 1 aromatic heterocycles. The van der Waals surface area contributed by atoms with Crippen molar-refractivity contribution < 1.29 is 26.5 Å². The summed E-state index contributed by atoms with van der Waals surface area (Å²) in [5.41, 5.74) is 3.94. The van der Waals surface area contributed by atoms with Crippen LogP contribution in [0.2, 0.25) is 0 Å². The van der Waals surface area contributed by atoms with Crippen LogP contribution in [0, 0.1) is 29.1 Å². The molecule has 19 heavy (non-hydrogen) atoms. The van der Waals surface area contributed by atoms with Crippen LogP contribution in [0.1, 0.15) is 5.82 Å². The monoisotopic (exact) mass is 279 g/mol. The maximum atomic E-state index is 13.4. The first kappa shape index (κ1) is 13.4. The van der Waals surface area contributed by atoms with E-state index >= 15 is 0 Å². The largest absolute Gasteiger partial charge is 0.334 e. The highest BCUT2D eigenvalue weighted by Crippen LogP contribution is 2.30. The van der Waals surface area contributed by atoms with Gasteiger partial charge in [-0.3, -0.25) is 0 Å². The van der Waals surface area contributed by atoms with E-state index in [0.717, 1.165) is 0 Å². The van der Waals surface area contributed by atoms with Gasteiger partial charge in [-0.2, -0.15) is 4.98 Å². The van der Waals surface area contributed by atoms with Crippen molar-refractivity contribution in [2.75, 3.05) is 6.54 Å². The normalized spacial score (nSPS) is 11.1. The molecule has 1 heterocycles. The van der Waals surface area contributed by atoms with Gasteiger partial charge in [-0.25, -0.2) is 22.0 Å². The lowest BCUT2D eigenvalue weighted by Gasteiger charge is -2.03. The Hall–Kier alpha value is -2.03. The van der Waals surface area contributed by atoms with Crippen molar-refractivity contribution in [3.05, 3.63) is 34.9 Å². The zero-order chi connectivity index (χ0) is 14.2. The summed E-state index contributed by atoms with van der Waals surface area (Å²) in [6.45, 7) is 0.135. The van der Waals surface area contributed by atoms with E-state index in [4.69, 9.17) is 5.73 Å². The number of nitrogens with zero attached hydrogens (tertiary/aromatic N) is 2. The maximum absolute atomic E-state index is 13.4. The van der Waals surface area contributed by atoms with E-state index in [1.54, 1.807) is 0 Å². The highest BCUT2D eigenvalue weighted by atomic mass is 19.2. The lowest BCUT2D eigenvalue weighted by molar-refractivity contribution is 0.372. The van der Waals surface area contributed by atoms with Gasteiger partial charge in [0.15, 0.2) is 29.1 Å². The fraction of sp³-hybridized carbons (Fsp3) is 0.200. The molecule has 0 aliphatic carbocycles. The van der Waals surface area contributed by atoms with E-state index in [1.807, 2.05) is 0 Å². The molecule has 0 saturated heterocycles. The van der Waals surface area contributed by atoms with Crippen LogP contribution in [0.15, 0.2) is 4.52 Å². The van der Waals surface area contributed by atoms with Crippen molar-refractivity contribution in [1.82, 2.24) is 10.1 Å². The molecular formula is C10H6F5N3O. The summed E-state index contributed by atoms with van der Waals surface area (Å²) in [5.74, 6) is -11.3. The molecule has 0 radical (unpaired) electrons. The zero-order valence-corrected chi connectivity index (χ0v) is 9.18. The van der Waals surface area contributed by atoms with Crippen LogP contribution in [-0.2, 0) is 6.42 Å². The molecule has 0 unspecified atom stereocenters. The van der Waals surface area contributed by atoms with Gasteiger partial charge in [0.05, 0.1) is 0 Å². The first-order chi connectivity index (χ1) is 8.97. The fourth-order valence-corrected chi connectivity index (χ4v) is 1.38. The molecule has 0 aliphatic heterocycles. The number of benzene rings is 1. The highest BCUT2D eigenvalue weighted by Gasteiger charge is 2.29. The summed E-state index contributed by atoms with van der Waals surface area (Å²) >= 11 is 0. The molecule has 0 atom stereocenters. The predicted molar refractivity (Wildman–Crippen MR) is 52.3 cm³/mol. The van der Waals surface area contributed by atoms with Crippen molar-refractivity contribution >= 4 is 0 Å². The van der Waals surface area contributed by atoms with Gasteiger partial charge in [-0.1, -0.05) is 5.16 Å². The van der Waals surface area contributed by atoms with E-state index in [-0.39, 0.29) is 18.8 Å². The number of hydrogen-bond acceptors (Lipinski definition) is 4. The summed E-state index contributed by atoms with van der Waals surface area (Å²) in [7, 11) is 0. The summed E-state index contributed by atoms with van der Waals surface area (Å²) < 4.78 is 70.1. The van der Waals surface area contributed by atoms with Gasteiger partial charge in [0, 0.05) is 6.42 Å². The van der Waals surface area contributed by atoms with Crippen LogP contribution in [0.5, 0.6) is 0 Å².